The zero-order chi connectivity index (χ0) is 14.5. The van der Waals surface area contributed by atoms with Crippen molar-refractivity contribution in [1.82, 2.24) is 0 Å². The fourth-order valence-corrected chi connectivity index (χ4v) is 3.63. The molecule has 1 unspecified atom stereocenters. The molecule has 2 aromatic carbocycles. The summed E-state index contributed by atoms with van der Waals surface area (Å²) < 4.78 is 0. The van der Waals surface area contributed by atoms with Gasteiger partial charge in [0.15, 0.2) is 0 Å². The Hall–Kier alpha value is -1.96. The molecular weight excluding hydrogens is 244 g/mol. The van der Waals surface area contributed by atoms with Crippen molar-refractivity contribution < 1.29 is 0 Å². The molecule has 2 aromatic rings. The topological polar surface area (TPSA) is 52.0 Å². The number of hydrogen-bond acceptors (Lipinski definition) is 2. The minimum atomic E-state index is -0.0102. The number of benzene rings is 2. The summed E-state index contributed by atoms with van der Waals surface area (Å²) >= 11 is 0. The molecular formula is C18H22N2. The van der Waals surface area contributed by atoms with E-state index in [0.717, 1.165) is 17.8 Å². The van der Waals surface area contributed by atoms with Crippen molar-refractivity contribution >= 4 is 11.4 Å². The van der Waals surface area contributed by atoms with E-state index in [1.54, 1.807) is 0 Å². The van der Waals surface area contributed by atoms with Gasteiger partial charge in [0, 0.05) is 16.8 Å². The van der Waals surface area contributed by atoms with Crippen molar-refractivity contribution in [2.45, 2.75) is 32.6 Å². The Morgan fingerprint density at radius 3 is 2.10 bits per heavy atom. The summed E-state index contributed by atoms with van der Waals surface area (Å²) in [6.45, 7) is 7.00. The monoisotopic (exact) mass is 266 g/mol. The summed E-state index contributed by atoms with van der Waals surface area (Å²) in [4.78, 5) is 0. The molecule has 0 aliphatic heterocycles. The van der Waals surface area contributed by atoms with E-state index in [0.29, 0.717) is 0 Å². The van der Waals surface area contributed by atoms with Gasteiger partial charge in [0.05, 0.1) is 0 Å². The van der Waals surface area contributed by atoms with Gasteiger partial charge >= 0.3 is 0 Å². The first-order chi connectivity index (χ1) is 9.34. The lowest BCUT2D eigenvalue weighted by Gasteiger charge is -2.40. The molecule has 1 atom stereocenters. The average Bonchev–Trinajstić information content (AvgIpc) is 2.57. The number of fused-ring (bicyclic) bond motifs is 1. The van der Waals surface area contributed by atoms with Crippen LogP contribution in [0.1, 0.15) is 37.5 Å². The Kier molecular flexibility index (Phi) is 2.62. The summed E-state index contributed by atoms with van der Waals surface area (Å²) in [5, 5.41) is 0. The zero-order valence-electron chi connectivity index (χ0n) is 12.4. The smallest absolute Gasteiger partial charge is 0.0316 e. The number of anilines is 2. The third-order valence-corrected chi connectivity index (χ3v) is 5.14. The van der Waals surface area contributed by atoms with Crippen molar-refractivity contribution in [1.29, 1.82) is 0 Å². The van der Waals surface area contributed by atoms with Crippen molar-refractivity contribution in [2.24, 2.45) is 5.41 Å². The van der Waals surface area contributed by atoms with Gasteiger partial charge in [-0.25, -0.2) is 0 Å². The van der Waals surface area contributed by atoms with Crippen LogP contribution in [0, 0.1) is 5.41 Å². The molecule has 0 radical (unpaired) electrons. The van der Waals surface area contributed by atoms with Gasteiger partial charge in [0.2, 0.25) is 0 Å². The number of nitrogen functional groups attached to an aromatic ring is 2. The lowest BCUT2D eigenvalue weighted by Crippen LogP contribution is -2.36. The third kappa shape index (κ3) is 1.64. The standard InChI is InChI=1S/C18H22N2/c1-17(2)11-12-10-15(20)8-9-16(12)18(17,3)13-4-6-14(19)7-5-13/h4-10H,11,19-20H2,1-3H3. The van der Waals surface area contributed by atoms with Gasteiger partial charge in [-0.05, 0) is 52.8 Å². The Balaban J connectivity index is 2.23. The van der Waals surface area contributed by atoms with Crippen LogP contribution in [-0.2, 0) is 11.8 Å². The normalized spacial score (nSPS) is 23.6. The average molecular weight is 266 g/mol. The van der Waals surface area contributed by atoms with E-state index >= 15 is 0 Å². The fourth-order valence-electron chi connectivity index (χ4n) is 3.63. The molecule has 4 N–H and O–H groups in total. The van der Waals surface area contributed by atoms with E-state index in [9.17, 15) is 0 Å². The molecule has 0 aromatic heterocycles. The van der Waals surface area contributed by atoms with Crippen LogP contribution < -0.4 is 11.5 Å². The van der Waals surface area contributed by atoms with Crippen molar-refractivity contribution in [2.75, 3.05) is 11.5 Å². The Labute approximate surface area is 120 Å². The van der Waals surface area contributed by atoms with Gasteiger partial charge in [-0.2, -0.15) is 0 Å². The highest BCUT2D eigenvalue weighted by Crippen LogP contribution is 2.55. The second kappa shape index (κ2) is 4.02. The van der Waals surface area contributed by atoms with Gasteiger partial charge in [-0.15, -0.1) is 0 Å². The van der Waals surface area contributed by atoms with Crippen molar-refractivity contribution in [3.8, 4) is 0 Å². The fraction of sp³-hybridized carbons (Fsp3) is 0.333. The van der Waals surface area contributed by atoms with E-state index < -0.39 is 0 Å². The first kappa shape index (κ1) is 13.0. The van der Waals surface area contributed by atoms with Crippen LogP contribution in [0.15, 0.2) is 42.5 Å². The Bertz CT molecular complexity index is 656. The highest BCUT2D eigenvalue weighted by molar-refractivity contribution is 5.56. The van der Waals surface area contributed by atoms with Gasteiger partial charge in [-0.1, -0.05) is 39.0 Å². The minimum Gasteiger partial charge on any atom is -0.399 e. The molecule has 104 valence electrons. The maximum Gasteiger partial charge on any atom is 0.0316 e. The maximum absolute atomic E-state index is 5.95. The molecule has 3 rings (SSSR count). The van der Waals surface area contributed by atoms with Crippen LogP contribution >= 0.6 is 0 Å². The molecule has 0 fully saturated rings. The third-order valence-electron chi connectivity index (χ3n) is 5.14. The number of rotatable bonds is 1. The predicted octanol–water partition coefficient (Wildman–Crippen LogP) is 3.74. The van der Waals surface area contributed by atoms with Crippen LogP contribution in [0.4, 0.5) is 11.4 Å². The van der Waals surface area contributed by atoms with E-state index in [4.69, 9.17) is 11.5 Å². The summed E-state index contributed by atoms with van der Waals surface area (Å²) in [6, 6.07) is 14.6. The van der Waals surface area contributed by atoms with Crippen LogP contribution in [0.25, 0.3) is 0 Å². The lowest BCUT2D eigenvalue weighted by atomic mass is 9.63. The van der Waals surface area contributed by atoms with Crippen LogP contribution in [0.5, 0.6) is 0 Å². The van der Waals surface area contributed by atoms with E-state index in [1.807, 2.05) is 18.2 Å². The second-order valence-electron chi connectivity index (χ2n) is 6.72. The van der Waals surface area contributed by atoms with E-state index in [1.165, 1.54) is 16.7 Å². The minimum absolute atomic E-state index is 0.0102. The van der Waals surface area contributed by atoms with Crippen LogP contribution in [0.2, 0.25) is 0 Å². The quantitative estimate of drug-likeness (QED) is 0.773. The molecule has 0 saturated carbocycles. The molecule has 2 heteroatoms. The number of hydrogen-bond donors (Lipinski definition) is 2. The molecule has 1 aliphatic rings. The van der Waals surface area contributed by atoms with Gasteiger partial charge in [0.1, 0.15) is 0 Å². The van der Waals surface area contributed by atoms with E-state index in [2.05, 4.69) is 45.0 Å². The van der Waals surface area contributed by atoms with Gasteiger partial charge in [-0.3, -0.25) is 0 Å². The first-order valence-electron chi connectivity index (χ1n) is 7.09. The maximum atomic E-state index is 5.95. The molecule has 0 amide bonds. The Morgan fingerprint density at radius 2 is 1.45 bits per heavy atom. The molecule has 0 saturated heterocycles. The van der Waals surface area contributed by atoms with Crippen LogP contribution in [0.3, 0.4) is 0 Å². The zero-order valence-corrected chi connectivity index (χ0v) is 12.4. The molecule has 0 bridgehead atoms. The summed E-state index contributed by atoms with van der Waals surface area (Å²) in [5.74, 6) is 0. The summed E-state index contributed by atoms with van der Waals surface area (Å²) in [7, 11) is 0. The molecule has 1 aliphatic carbocycles. The largest absolute Gasteiger partial charge is 0.399 e. The van der Waals surface area contributed by atoms with Crippen LogP contribution in [-0.4, -0.2) is 0 Å². The predicted molar refractivity (Wildman–Crippen MR) is 85.6 cm³/mol. The second-order valence-corrected chi connectivity index (χ2v) is 6.72. The molecule has 0 heterocycles. The van der Waals surface area contributed by atoms with Crippen molar-refractivity contribution in [3.05, 3.63) is 59.2 Å². The Morgan fingerprint density at radius 1 is 0.850 bits per heavy atom. The molecule has 20 heavy (non-hydrogen) atoms. The van der Waals surface area contributed by atoms with Gasteiger partial charge in [0.25, 0.3) is 0 Å². The SMILES string of the molecule is CC1(C)Cc2cc(N)ccc2C1(C)c1ccc(N)cc1. The first-order valence-corrected chi connectivity index (χ1v) is 7.09. The summed E-state index contributed by atoms with van der Waals surface area (Å²) in [5.41, 5.74) is 17.7. The van der Waals surface area contributed by atoms with E-state index in [-0.39, 0.29) is 10.8 Å². The highest BCUT2D eigenvalue weighted by atomic mass is 14.6. The molecule has 0 spiro atoms. The number of nitrogens with two attached hydrogens (primary N) is 2. The highest BCUT2D eigenvalue weighted by Gasteiger charge is 2.49. The molecule has 2 nitrogen and oxygen atoms in total. The lowest BCUT2D eigenvalue weighted by molar-refractivity contribution is 0.247. The van der Waals surface area contributed by atoms with Gasteiger partial charge < -0.3 is 11.5 Å². The van der Waals surface area contributed by atoms with Crippen molar-refractivity contribution in [3.63, 3.8) is 0 Å². The summed E-state index contributed by atoms with van der Waals surface area (Å²) in [6.07, 6.45) is 1.05.